The third kappa shape index (κ3) is 5.09. The minimum Gasteiger partial charge on any atom is -0.330 e. The summed E-state index contributed by atoms with van der Waals surface area (Å²) in [6, 6.07) is 0. The molecule has 0 saturated carbocycles. The molecule has 7 heteroatoms. The van der Waals surface area contributed by atoms with Crippen molar-refractivity contribution >= 4 is 10.0 Å². The maximum atomic E-state index is 12.4. The van der Waals surface area contributed by atoms with Crippen LogP contribution >= 0.6 is 0 Å². The molecular formula is C14H28N4O2S. The molecule has 0 spiro atoms. The highest BCUT2D eigenvalue weighted by atomic mass is 32.2. The van der Waals surface area contributed by atoms with E-state index >= 15 is 0 Å². The van der Waals surface area contributed by atoms with Gasteiger partial charge in [-0.3, -0.25) is 4.68 Å². The fraction of sp³-hybridized carbons (Fsp3) is 0.786. The number of nitrogens with zero attached hydrogens (tertiary/aromatic N) is 2. The Morgan fingerprint density at radius 1 is 1.29 bits per heavy atom. The SMILES string of the molecule is Cc1nn(CCCN)c(C)c1S(=O)(=O)NCCCC(C)C. The molecule has 0 aliphatic rings. The van der Waals surface area contributed by atoms with Gasteiger partial charge >= 0.3 is 0 Å². The smallest absolute Gasteiger partial charge is 0.244 e. The van der Waals surface area contributed by atoms with Crippen LogP contribution in [-0.4, -0.2) is 31.3 Å². The summed E-state index contributed by atoms with van der Waals surface area (Å²) in [7, 11) is -3.49. The van der Waals surface area contributed by atoms with Gasteiger partial charge in [-0.1, -0.05) is 13.8 Å². The molecule has 1 aromatic rings. The number of aromatic nitrogens is 2. The lowest BCUT2D eigenvalue weighted by molar-refractivity contribution is 0.538. The monoisotopic (exact) mass is 316 g/mol. The van der Waals surface area contributed by atoms with Gasteiger partial charge in [-0.25, -0.2) is 13.1 Å². The van der Waals surface area contributed by atoms with Crippen LogP contribution in [0.4, 0.5) is 0 Å². The van der Waals surface area contributed by atoms with E-state index < -0.39 is 10.0 Å². The molecule has 1 aromatic heterocycles. The van der Waals surface area contributed by atoms with Crippen molar-refractivity contribution in [2.75, 3.05) is 13.1 Å². The molecule has 0 unspecified atom stereocenters. The third-order valence-electron chi connectivity index (χ3n) is 3.41. The topological polar surface area (TPSA) is 90.0 Å². The van der Waals surface area contributed by atoms with E-state index in [9.17, 15) is 8.42 Å². The standard InChI is InChI=1S/C14H28N4O2S/c1-11(2)7-5-9-16-21(19,20)14-12(3)17-18(13(14)4)10-6-8-15/h11,16H,5-10,15H2,1-4H3. The molecule has 0 radical (unpaired) electrons. The first-order valence-electron chi connectivity index (χ1n) is 7.53. The zero-order valence-corrected chi connectivity index (χ0v) is 14.3. The van der Waals surface area contributed by atoms with Gasteiger partial charge in [0.25, 0.3) is 0 Å². The molecule has 0 saturated heterocycles. The Bertz CT molecular complexity index is 550. The van der Waals surface area contributed by atoms with E-state index in [2.05, 4.69) is 23.7 Å². The average molecular weight is 316 g/mol. The Morgan fingerprint density at radius 2 is 1.95 bits per heavy atom. The highest BCUT2D eigenvalue weighted by Gasteiger charge is 2.23. The Labute approximate surface area is 128 Å². The molecule has 0 bridgehead atoms. The van der Waals surface area contributed by atoms with Crippen LogP contribution < -0.4 is 10.5 Å². The predicted octanol–water partition coefficient (Wildman–Crippen LogP) is 1.56. The van der Waals surface area contributed by atoms with Crippen LogP contribution in [0.25, 0.3) is 0 Å². The number of hydrogen-bond acceptors (Lipinski definition) is 4. The quantitative estimate of drug-likeness (QED) is 0.677. The van der Waals surface area contributed by atoms with Gasteiger partial charge in [0.2, 0.25) is 10.0 Å². The molecule has 0 atom stereocenters. The second kappa shape index (κ2) is 7.91. The van der Waals surface area contributed by atoms with Crippen LogP contribution in [0.15, 0.2) is 4.90 Å². The van der Waals surface area contributed by atoms with Crippen molar-refractivity contribution < 1.29 is 8.42 Å². The van der Waals surface area contributed by atoms with Gasteiger partial charge in [-0.2, -0.15) is 5.10 Å². The maximum Gasteiger partial charge on any atom is 0.244 e. The summed E-state index contributed by atoms with van der Waals surface area (Å²) in [5, 5.41) is 4.31. The van der Waals surface area contributed by atoms with E-state index in [1.165, 1.54) is 0 Å². The van der Waals surface area contributed by atoms with E-state index in [0.717, 1.165) is 19.3 Å². The largest absolute Gasteiger partial charge is 0.330 e. The van der Waals surface area contributed by atoms with Crippen molar-refractivity contribution in [3.05, 3.63) is 11.4 Å². The average Bonchev–Trinajstić information content (AvgIpc) is 2.67. The highest BCUT2D eigenvalue weighted by molar-refractivity contribution is 7.89. The molecule has 3 N–H and O–H groups in total. The lowest BCUT2D eigenvalue weighted by atomic mass is 10.1. The molecule has 0 amide bonds. The van der Waals surface area contributed by atoms with E-state index in [4.69, 9.17) is 5.73 Å². The Hall–Kier alpha value is -0.920. The molecule has 21 heavy (non-hydrogen) atoms. The second-order valence-corrected chi connectivity index (χ2v) is 7.50. The molecule has 0 aliphatic carbocycles. The molecule has 1 heterocycles. The minimum absolute atomic E-state index is 0.309. The van der Waals surface area contributed by atoms with Crippen molar-refractivity contribution in [2.24, 2.45) is 11.7 Å². The van der Waals surface area contributed by atoms with E-state index in [-0.39, 0.29) is 0 Å². The lowest BCUT2D eigenvalue weighted by Crippen LogP contribution is -2.26. The molecular weight excluding hydrogens is 288 g/mol. The predicted molar refractivity (Wildman–Crippen MR) is 84.6 cm³/mol. The van der Waals surface area contributed by atoms with Crippen LogP contribution in [0.5, 0.6) is 0 Å². The van der Waals surface area contributed by atoms with Crippen LogP contribution in [0.2, 0.25) is 0 Å². The molecule has 1 rings (SSSR count). The zero-order chi connectivity index (χ0) is 16.0. The van der Waals surface area contributed by atoms with Crippen LogP contribution in [0.3, 0.4) is 0 Å². The number of rotatable bonds is 9. The maximum absolute atomic E-state index is 12.4. The number of aryl methyl sites for hydroxylation is 2. The first-order valence-corrected chi connectivity index (χ1v) is 9.01. The van der Waals surface area contributed by atoms with Crippen molar-refractivity contribution in [1.82, 2.24) is 14.5 Å². The van der Waals surface area contributed by atoms with E-state index in [1.54, 1.807) is 18.5 Å². The van der Waals surface area contributed by atoms with Crippen LogP contribution in [-0.2, 0) is 16.6 Å². The molecule has 0 aliphatic heterocycles. The summed E-state index contributed by atoms with van der Waals surface area (Å²) in [5.74, 6) is 0.581. The van der Waals surface area contributed by atoms with Crippen molar-refractivity contribution in [3.8, 4) is 0 Å². The van der Waals surface area contributed by atoms with Gasteiger partial charge in [0.1, 0.15) is 4.90 Å². The number of nitrogens with two attached hydrogens (primary N) is 1. The van der Waals surface area contributed by atoms with Crippen molar-refractivity contribution in [3.63, 3.8) is 0 Å². The van der Waals surface area contributed by atoms with Gasteiger partial charge in [-0.15, -0.1) is 0 Å². The lowest BCUT2D eigenvalue weighted by Gasteiger charge is -2.09. The molecule has 122 valence electrons. The van der Waals surface area contributed by atoms with Gasteiger partial charge in [-0.05, 0) is 45.6 Å². The Balaban J connectivity index is 2.80. The van der Waals surface area contributed by atoms with Crippen molar-refractivity contribution in [1.29, 1.82) is 0 Å². The highest BCUT2D eigenvalue weighted by Crippen LogP contribution is 2.19. The summed E-state index contributed by atoms with van der Waals surface area (Å²) in [6.07, 6.45) is 2.63. The zero-order valence-electron chi connectivity index (χ0n) is 13.5. The Morgan fingerprint density at radius 3 is 2.52 bits per heavy atom. The number of hydrogen-bond donors (Lipinski definition) is 2. The van der Waals surface area contributed by atoms with Crippen molar-refractivity contribution in [2.45, 2.75) is 58.4 Å². The fourth-order valence-electron chi connectivity index (χ4n) is 2.32. The summed E-state index contributed by atoms with van der Waals surface area (Å²) in [5.41, 5.74) is 6.71. The number of nitrogens with one attached hydrogen (secondary N) is 1. The normalized spacial score (nSPS) is 12.3. The second-order valence-electron chi connectivity index (χ2n) is 5.80. The van der Waals surface area contributed by atoms with Crippen LogP contribution in [0.1, 0.15) is 44.5 Å². The molecule has 0 aromatic carbocycles. The minimum atomic E-state index is -3.49. The van der Waals surface area contributed by atoms with Gasteiger partial charge in [0.05, 0.1) is 11.4 Å². The summed E-state index contributed by atoms with van der Waals surface area (Å²) in [6.45, 7) is 9.45. The number of sulfonamides is 1. The summed E-state index contributed by atoms with van der Waals surface area (Å²) >= 11 is 0. The van der Waals surface area contributed by atoms with E-state index in [0.29, 0.717) is 41.8 Å². The molecule has 0 fully saturated rings. The molecule has 6 nitrogen and oxygen atoms in total. The van der Waals surface area contributed by atoms with Gasteiger partial charge in [0, 0.05) is 13.1 Å². The first kappa shape index (κ1) is 18.1. The summed E-state index contributed by atoms with van der Waals surface area (Å²) < 4.78 is 29.2. The van der Waals surface area contributed by atoms with Gasteiger partial charge in [0.15, 0.2) is 0 Å². The third-order valence-corrected chi connectivity index (χ3v) is 5.12. The van der Waals surface area contributed by atoms with Gasteiger partial charge < -0.3 is 5.73 Å². The summed E-state index contributed by atoms with van der Waals surface area (Å²) in [4.78, 5) is 0.309. The fourth-order valence-corrected chi connectivity index (χ4v) is 3.80. The van der Waals surface area contributed by atoms with Crippen LogP contribution in [0, 0.1) is 19.8 Å². The first-order chi connectivity index (χ1) is 9.79. The van der Waals surface area contributed by atoms with E-state index in [1.807, 2.05) is 0 Å². The Kier molecular flexibility index (Phi) is 6.83.